The first-order chi connectivity index (χ1) is 10.9. The van der Waals surface area contributed by atoms with Gasteiger partial charge >= 0.3 is 6.18 Å². The summed E-state index contributed by atoms with van der Waals surface area (Å²) in [7, 11) is 0. The lowest BCUT2D eigenvalue weighted by molar-refractivity contribution is -0.179. The van der Waals surface area contributed by atoms with E-state index in [0.29, 0.717) is 13.1 Å². The minimum atomic E-state index is -4.38. The zero-order valence-corrected chi connectivity index (χ0v) is 13.1. The Labute approximate surface area is 136 Å². The second-order valence-electron chi connectivity index (χ2n) is 5.11. The van der Waals surface area contributed by atoms with Crippen LogP contribution in [-0.4, -0.2) is 42.0 Å². The maximum Gasteiger partial charge on any atom is 0.411 e. The first-order valence-electron chi connectivity index (χ1n) is 7.02. The summed E-state index contributed by atoms with van der Waals surface area (Å²) < 4.78 is 45.9. The van der Waals surface area contributed by atoms with E-state index in [1.54, 1.807) is 23.7 Å². The van der Waals surface area contributed by atoms with Gasteiger partial charge in [-0.3, -0.25) is 4.90 Å². The Hall–Kier alpha value is -1.35. The van der Waals surface area contributed by atoms with Gasteiger partial charge in [-0.2, -0.15) is 13.2 Å². The Morgan fingerprint density at radius 2 is 2.09 bits per heavy atom. The average molecular weight is 349 g/mol. The van der Waals surface area contributed by atoms with Crippen LogP contribution in [-0.2, 0) is 17.8 Å². The molecule has 1 atom stereocenters. The van der Waals surface area contributed by atoms with E-state index in [-0.39, 0.29) is 13.2 Å². The van der Waals surface area contributed by atoms with Crippen LogP contribution in [0.4, 0.5) is 13.2 Å². The molecule has 0 saturated heterocycles. The Balaban J connectivity index is 1.85. The van der Waals surface area contributed by atoms with Crippen LogP contribution in [0, 0.1) is 0 Å². The van der Waals surface area contributed by atoms with E-state index in [2.05, 4.69) is 4.74 Å². The maximum atomic E-state index is 12.0. The van der Waals surface area contributed by atoms with Gasteiger partial charge in [-0.1, -0.05) is 6.07 Å². The molecule has 1 unspecified atom stereocenters. The highest BCUT2D eigenvalue weighted by Crippen LogP contribution is 2.16. The molecule has 0 radical (unpaired) electrons. The summed E-state index contributed by atoms with van der Waals surface area (Å²) in [5, 5.41) is 11.9. The molecule has 0 aromatic carbocycles. The topological polar surface area (TPSA) is 45.8 Å². The maximum absolute atomic E-state index is 12.0. The standard InChI is InChI=1S/C15H18F3NO3S/c16-15(17,18)11-21-10-12(20)7-19(8-13-3-1-5-22-13)9-14-4-2-6-23-14/h1-6,12,20H,7-11H2. The molecule has 23 heavy (non-hydrogen) atoms. The van der Waals surface area contributed by atoms with E-state index in [0.717, 1.165) is 10.6 Å². The Bertz CT molecular complexity index is 507. The van der Waals surface area contributed by atoms with E-state index >= 15 is 0 Å². The molecule has 1 N–H and O–H groups in total. The number of halogens is 3. The number of thiophene rings is 1. The molecule has 0 aliphatic carbocycles. The second-order valence-corrected chi connectivity index (χ2v) is 6.14. The minimum absolute atomic E-state index is 0.191. The van der Waals surface area contributed by atoms with Crippen molar-refractivity contribution >= 4 is 11.3 Å². The molecule has 0 amide bonds. The highest BCUT2D eigenvalue weighted by atomic mass is 32.1. The van der Waals surface area contributed by atoms with E-state index in [9.17, 15) is 18.3 Å². The van der Waals surface area contributed by atoms with E-state index < -0.39 is 18.9 Å². The van der Waals surface area contributed by atoms with Gasteiger partial charge in [-0.05, 0) is 23.6 Å². The van der Waals surface area contributed by atoms with Crippen molar-refractivity contribution in [1.29, 1.82) is 0 Å². The normalized spacial score (nSPS) is 13.6. The van der Waals surface area contributed by atoms with Gasteiger partial charge in [0, 0.05) is 18.0 Å². The summed E-state index contributed by atoms with van der Waals surface area (Å²) >= 11 is 1.58. The number of ether oxygens (including phenoxy) is 1. The first-order valence-corrected chi connectivity index (χ1v) is 7.90. The third-order valence-electron chi connectivity index (χ3n) is 2.96. The minimum Gasteiger partial charge on any atom is -0.468 e. The van der Waals surface area contributed by atoms with E-state index in [1.165, 1.54) is 0 Å². The van der Waals surface area contributed by atoms with Gasteiger partial charge in [0.1, 0.15) is 12.4 Å². The third kappa shape index (κ3) is 7.17. The number of alkyl halides is 3. The molecular formula is C15H18F3NO3S. The number of aliphatic hydroxyl groups is 1. The molecule has 2 rings (SSSR count). The molecule has 8 heteroatoms. The molecule has 0 aliphatic heterocycles. The summed E-state index contributed by atoms with van der Waals surface area (Å²) in [6, 6.07) is 7.47. The molecule has 0 spiro atoms. The Morgan fingerprint density at radius 1 is 1.26 bits per heavy atom. The summed E-state index contributed by atoms with van der Waals surface area (Å²) in [6.07, 6.45) is -3.83. The van der Waals surface area contributed by atoms with E-state index in [1.807, 2.05) is 28.5 Å². The highest BCUT2D eigenvalue weighted by Gasteiger charge is 2.28. The molecule has 4 nitrogen and oxygen atoms in total. The smallest absolute Gasteiger partial charge is 0.411 e. The lowest BCUT2D eigenvalue weighted by Crippen LogP contribution is -2.35. The van der Waals surface area contributed by atoms with E-state index in [4.69, 9.17) is 4.42 Å². The zero-order valence-electron chi connectivity index (χ0n) is 12.3. The summed E-state index contributed by atoms with van der Waals surface area (Å²) in [5.74, 6) is 0.727. The molecule has 0 bridgehead atoms. The van der Waals surface area contributed by atoms with Crippen LogP contribution in [0.1, 0.15) is 10.6 Å². The van der Waals surface area contributed by atoms with Gasteiger partial charge in [-0.15, -0.1) is 11.3 Å². The second kappa shape index (κ2) is 8.49. The number of hydrogen-bond donors (Lipinski definition) is 1. The molecule has 128 valence electrons. The van der Waals surface area contributed by atoms with Gasteiger partial charge in [0.25, 0.3) is 0 Å². The molecule has 0 fully saturated rings. The monoisotopic (exact) mass is 349 g/mol. The summed E-state index contributed by atoms with van der Waals surface area (Å²) in [5.41, 5.74) is 0. The predicted octanol–water partition coefficient (Wildman–Crippen LogP) is 3.28. The van der Waals surface area contributed by atoms with Crippen molar-refractivity contribution in [3.8, 4) is 0 Å². The van der Waals surface area contributed by atoms with Gasteiger partial charge < -0.3 is 14.3 Å². The van der Waals surface area contributed by atoms with Gasteiger partial charge in [-0.25, -0.2) is 0 Å². The van der Waals surface area contributed by atoms with Crippen LogP contribution < -0.4 is 0 Å². The van der Waals surface area contributed by atoms with Crippen LogP contribution in [0.25, 0.3) is 0 Å². The van der Waals surface area contributed by atoms with Gasteiger partial charge in [0.05, 0.1) is 25.5 Å². The number of nitrogens with zero attached hydrogens (tertiary/aromatic N) is 1. The van der Waals surface area contributed by atoms with Crippen molar-refractivity contribution in [2.75, 3.05) is 19.8 Å². The molecular weight excluding hydrogens is 331 g/mol. The van der Waals surface area contributed by atoms with Crippen molar-refractivity contribution in [2.45, 2.75) is 25.4 Å². The Kier molecular flexibility index (Phi) is 6.64. The lowest BCUT2D eigenvalue weighted by Gasteiger charge is -2.23. The van der Waals surface area contributed by atoms with Gasteiger partial charge in [0.15, 0.2) is 0 Å². The fourth-order valence-electron chi connectivity index (χ4n) is 2.09. The third-order valence-corrected chi connectivity index (χ3v) is 3.83. The number of aliphatic hydroxyl groups excluding tert-OH is 1. The van der Waals surface area contributed by atoms with Crippen molar-refractivity contribution < 1.29 is 27.4 Å². The SMILES string of the molecule is OC(COCC(F)(F)F)CN(Cc1ccco1)Cc1cccs1. The molecule has 2 heterocycles. The largest absolute Gasteiger partial charge is 0.468 e. The number of furan rings is 1. The number of rotatable bonds is 9. The molecule has 0 aliphatic rings. The van der Waals surface area contributed by atoms with Crippen molar-refractivity contribution in [2.24, 2.45) is 0 Å². The average Bonchev–Trinajstić information content (AvgIpc) is 3.10. The lowest BCUT2D eigenvalue weighted by atomic mass is 10.3. The Morgan fingerprint density at radius 3 is 2.70 bits per heavy atom. The zero-order chi connectivity index (χ0) is 16.7. The quantitative estimate of drug-likeness (QED) is 0.755. The van der Waals surface area contributed by atoms with Crippen LogP contribution in [0.15, 0.2) is 40.3 Å². The van der Waals surface area contributed by atoms with Crippen molar-refractivity contribution in [3.63, 3.8) is 0 Å². The van der Waals surface area contributed by atoms with Crippen molar-refractivity contribution in [3.05, 3.63) is 46.5 Å². The van der Waals surface area contributed by atoms with Crippen LogP contribution in [0.2, 0.25) is 0 Å². The molecule has 2 aromatic heterocycles. The summed E-state index contributed by atoms with van der Waals surface area (Å²) in [4.78, 5) is 3.01. The molecule has 2 aromatic rings. The summed E-state index contributed by atoms with van der Waals surface area (Å²) in [6.45, 7) is -0.488. The molecule has 0 saturated carbocycles. The fraction of sp³-hybridized carbons (Fsp3) is 0.467. The highest BCUT2D eigenvalue weighted by molar-refractivity contribution is 7.09. The fourth-order valence-corrected chi connectivity index (χ4v) is 2.84. The first kappa shape index (κ1) is 18.0. The van der Waals surface area contributed by atoms with Crippen LogP contribution in [0.3, 0.4) is 0 Å². The van der Waals surface area contributed by atoms with Crippen molar-refractivity contribution in [1.82, 2.24) is 4.90 Å². The van der Waals surface area contributed by atoms with Crippen LogP contribution in [0.5, 0.6) is 0 Å². The number of hydrogen-bond acceptors (Lipinski definition) is 5. The van der Waals surface area contributed by atoms with Gasteiger partial charge in [0.2, 0.25) is 0 Å². The predicted molar refractivity (Wildman–Crippen MR) is 80.0 cm³/mol. The van der Waals surface area contributed by atoms with Crippen LogP contribution >= 0.6 is 11.3 Å².